The van der Waals surface area contributed by atoms with Gasteiger partial charge in [-0.15, -0.1) is 0 Å². The topological polar surface area (TPSA) is 61.4 Å². The first-order valence-corrected chi connectivity index (χ1v) is 7.46. The standard InChI is InChI=1S/C16H23N3O2/c1-12(2)18-15(20)14-9-6-10-19(14)16(21)17-11-13-7-4-3-5-8-13/h3-5,7-8,12,14H,6,9-11H2,1-2H3,(H,17,21)(H,18,20). The molecule has 0 radical (unpaired) electrons. The highest BCUT2D eigenvalue weighted by atomic mass is 16.2. The molecule has 0 bridgehead atoms. The van der Waals surface area contributed by atoms with Crippen molar-refractivity contribution in [1.82, 2.24) is 15.5 Å². The van der Waals surface area contributed by atoms with Gasteiger partial charge < -0.3 is 15.5 Å². The van der Waals surface area contributed by atoms with Crippen molar-refractivity contribution in [1.29, 1.82) is 0 Å². The molecule has 5 nitrogen and oxygen atoms in total. The van der Waals surface area contributed by atoms with E-state index in [-0.39, 0.29) is 24.0 Å². The Balaban J connectivity index is 1.90. The lowest BCUT2D eigenvalue weighted by molar-refractivity contribution is -0.125. The van der Waals surface area contributed by atoms with Crippen LogP contribution >= 0.6 is 0 Å². The highest BCUT2D eigenvalue weighted by Crippen LogP contribution is 2.17. The molecule has 0 saturated carbocycles. The van der Waals surface area contributed by atoms with Crippen LogP contribution in [-0.2, 0) is 11.3 Å². The van der Waals surface area contributed by atoms with Crippen molar-refractivity contribution in [2.45, 2.75) is 45.3 Å². The predicted molar refractivity (Wildman–Crippen MR) is 81.7 cm³/mol. The second-order valence-corrected chi connectivity index (χ2v) is 5.66. The van der Waals surface area contributed by atoms with Crippen LogP contribution in [0.5, 0.6) is 0 Å². The summed E-state index contributed by atoms with van der Waals surface area (Å²) in [6, 6.07) is 9.33. The molecule has 0 aromatic heterocycles. The zero-order valence-corrected chi connectivity index (χ0v) is 12.6. The van der Waals surface area contributed by atoms with Crippen LogP contribution < -0.4 is 10.6 Å². The molecule has 3 amide bonds. The van der Waals surface area contributed by atoms with Crippen molar-refractivity contribution in [3.8, 4) is 0 Å². The average molecular weight is 289 g/mol. The van der Waals surface area contributed by atoms with Crippen molar-refractivity contribution in [2.24, 2.45) is 0 Å². The Morgan fingerprint density at radius 3 is 2.67 bits per heavy atom. The van der Waals surface area contributed by atoms with Gasteiger partial charge in [-0.25, -0.2) is 4.79 Å². The van der Waals surface area contributed by atoms with Gasteiger partial charge >= 0.3 is 6.03 Å². The largest absolute Gasteiger partial charge is 0.352 e. The van der Waals surface area contributed by atoms with Gasteiger partial charge in [0.2, 0.25) is 5.91 Å². The quantitative estimate of drug-likeness (QED) is 0.889. The minimum absolute atomic E-state index is 0.0580. The smallest absolute Gasteiger partial charge is 0.318 e. The molecule has 5 heteroatoms. The monoisotopic (exact) mass is 289 g/mol. The highest BCUT2D eigenvalue weighted by molar-refractivity contribution is 5.87. The summed E-state index contributed by atoms with van der Waals surface area (Å²) in [5.41, 5.74) is 1.05. The van der Waals surface area contributed by atoms with E-state index in [4.69, 9.17) is 0 Å². The van der Waals surface area contributed by atoms with Crippen molar-refractivity contribution >= 4 is 11.9 Å². The summed E-state index contributed by atoms with van der Waals surface area (Å²) >= 11 is 0. The van der Waals surface area contributed by atoms with Crippen LogP contribution in [0.1, 0.15) is 32.3 Å². The second-order valence-electron chi connectivity index (χ2n) is 5.66. The third kappa shape index (κ3) is 4.21. The normalized spacial score (nSPS) is 17.9. The molecule has 1 unspecified atom stereocenters. The molecular weight excluding hydrogens is 266 g/mol. The van der Waals surface area contributed by atoms with Crippen LogP contribution in [0.2, 0.25) is 0 Å². The third-order valence-electron chi connectivity index (χ3n) is 3.53. The summed E-state index contributed by atoms with van der Waals surface area (Å²) in [4.78, 5) is 26.0. The summed E-state index contributed by atoms with van der Waals surface area (Å²) in [5.74, 6) is -0.0580. The maximum absolute atomic E-state index is 12.3. The molecule has 0 spiro atoms. The lowest BCUT2D eigenvalue weighted by atomic mass is 10.2. The number of benzene rings is 1. The van der Waals surface area contributed by atoms with E-state index < -0.39 is 0 Å². The van der Waals surface area contributed by atoms with Crippen LogP contribution in [0.4, 0.5) is 4.79 Å². The average Bonchev–Trinajstić information content (AvgIpc) is 2.95. The Morgan fingerprint density at radius 1 is 1.29 bits per heavy atom. The Bertz CT molecular complexity index is 488. The molecule has 0 aliphatic carbocycles. The van der Waals surface area contributed by atoms with E-state index in [1.54, 1.807) is 4.90 Å². The van der Waals surface area contributed by atoms with E-state index in [2.05, 4.69) is 10.6 Å². The van der Waals surface area contributed by atoms with E-state index in [1.165, 1.54) is 0 Å². The van der Waals surface area contributed by atoms with E-state index in [0.717, 1.165) is 18.4 Å². The van der Waals surface area contributed by atoms with E-state index in [0.29, 0.717) is 13.1 Å². The number of likely N-dealkylation sites (tertiary alicyclic amines) is 1. The van der Waals surface area contributed by atoms with Crippen molar-refractivity contribution in [3.05, 3.63) is 35.9 Å². The Hall–Kier alpha value is -2.04. The molecule has 21 heavy (non-hydrogen) atoms. The number of nitrogens with one attached hydrogen (secondary N) is 2. The lowest BCUT2D eigenvalue weighted by Gasteiger charge is -2.25. The van der Waals surface area contributed by atoms with E-state index in [9.17, 15) is 9.59 Å². The molecule has 1 atom stereocenters. The van der Waals surface area contributed by atoms with Gasteiger partial charge in [-0.2, -0.15) is 0 Å². The van der Waals surface area contributed by atoms with Crippen molar-refractivity contribution in [3.63, 3.8) is 0 Å². The SMILES string of the molecule is CC(C)NC(=O)C1CCCN1C(=O)NCc1ccccc1. The zero-order valence-electron chi connectivity index (χ0n) is 12.6. The first-order valence-electron chi connectivity index (χ1n) is 7.46. The summed E-state index contributed by atoms with van der Waals surface area (Å²) < 4.78 is 0. The molecule has 1 saturated heterocycles. The molecule has 1 fully saturated rings. The van der Waals surface area contributed by atoms with Gasteiger partial charge in [0, 0.05) is 19.1 Å². The van der Waals surface area contributed by atoms with Crippen LogP contribution in [0, 0.1) is 0 Å². The Labute approximate surface area is 125 Å². The van der Waals surface area contributed by atoms with Gasteiger partial charge in [0.1, 0.15) is 6.04 Å². The first kappa shape index (κ1) is 15.4. The summed E-state index contributed by atoms with van der Waals surface area (Å²) in [5, 5.41) is 5.77. The summed E-state index contributed by atoms with van der Waals surface area (Å²) in [6.07, 6.45) is 1.60. The Morgan fingerprint density at radius 2 is 2.00 bits per heavy atom. The lowest BCUT2D eigenvalue weighted by Crippen LogP contribution is -2.50. The molecule has 114 valence electrons. The molecule has 1 aromatic rings. The summed E-state index contributed by atoms with van der Waals surface area (Å²) in [6.45, 7) is 4.96. The van der Waals surface area contributed by atoms with Gasteiger partial charge in [-0.05, 0) is 32.3 Å². The van der Waals surface area contributed by atoms with E-state index >= 15 is 0 Å². The fraction of sp³-hybridized carbons (Fsp3) is 0.500. The van der Waals surface area contributed by atoms with Crippen molar-refractivity contribution in [2.75, 3.05) is 6.54 Å². The van der Waals surface area contributed by atoms with Gasteiger partial charge in [-0.3, -0.25) is 4.79 Å². The molecule has 1 heterocycles. The molecule has 1 aliphatic rings. The second kappa shape index (κ2) is 7.11. The molecule has 1 aromatic carbocycles. The van der Waals surface area contributed by atoms with Gasteiger partial charge in [-0.1, -0.05) is 30.3 Å². The molecule has 2 rings (SSSR count). The fourth-order valence-electron chi connectivity index (χ4n) is 2.54. The number of hydrogen-bond acceptors (Lipinski definition) is 2. The van der Waals surface area contributed by atoms with Crippen LogP contribution in [0.3, 0.4) is 0 Å². The summed E-state index contributed by atoms with van der Waals surface area (Å²) in [7, 11) is 0. The van der Waals surface area contributed by atoms with Crippen LogP contribution in [0.25, 0.3) is 0 Å². The maximum atomic E-state index is 12.3. The first-order chi connectivity index (χ1) is 10.1. The number of nitrogens with zero attached hydrogens (tertiary/aromatic N) is 1. The highest BCUT2D eigenvalue weighted by Gasteiger charge is 2.34. The maximum Gasteiger partial charge on any atom is 0.318 e. The third-order valence-corrected chi connectivity index (χ3v) is 3.53. The minimum atomic E-state index is -0.344. The number of amides is 3. The zero-order chi connectivity index (χ0) is 15.2. The fourth-order valence-corrected chi connectivity index (χ4v) is 2.54. The molecule has 1 aliphatic heterocycles. The number of hydrogen-bond donors (Lipinski definition) is 2. The number of urea groups is 1. The van der Waals surface area contributed by atoms with Crippen LogP contribution in [-0.4, -0.2) is 35.5 Å². The predicted octanol–water partition coefficient (Wildman–Crippen LogP) is 1.89. The number of rotatable bonds is 4. The minimum Gasteiger partial charge on any atom is -0.352 e. The van der Waals surface area contributed by atoms with E-state index in [1.807, 2.05) is 44.2 Å². The van der Waals surface area contributed by atoms with Gasteiger partial charge in [0.25, 0.3) is 0 Å². The number of carbonyl (C=O) groups excluding carboxylic acids is 2. The van der Waals surface area contributed by atoms with Crippen LogP contribution in [0.15, 0.2) is 30.3 Å². The molecule has 2 N–H and O–H groups in total. The van der Waals surface area contributed by atoms with Gasteiger partial charge in [0.05, 0.1) is 0 Å². The van der Waals surface area contributed by atoms with Crippen molar-refractivity contribution < 1.29 is 9.59 Å². The molecular formula is C16H23N3O2. The van der Waals surface area contributed by atoms with Gasteiger partial charge in [0.15, 0.2) is 0 Å². The number of carbonyl (C=O) groups is 2. The Kier molecular flexibility index (Phi) is 5.20.